The number of nitrogens with zero attached hydrogens (tertiary/aromatic N) is 3. The van der Waals surface area contributed by atoms with Crippen molar-refractivity contribution in [3.63, 3.8) is 0 Å². The van der Waals surface area contributed by atoms with Gasteiger partial charge in [0.2, 0.25) is 0 Å². The SMILES string of the molecule is O=C(O)C(F)(F)F.O=C(O)C(F)(F)F.c1ccc(CN2C[C@H](N3CCOCC3)[C@@H]3OCCC[C@@H]32)nc1. The predicted molar refractivity (Wildman–Crippen MR) is 111 cm³/mol. The number of morpholine rings is 1. The molecule has 2 N–H and O–H groups in total. The largest absolute Gasteiger partial charge is 0.490 e. The quantitative estimate of drug-likeness (QED) is 0.568. The molecule has 0 saturated carbocycles. The average molecular weight is 531 g/mol. The Morgan fingerprint density at radius 1 is 0.972 bits per heavy atom. The summed E-state index contributed by atoms with van der Waals surface area (Å²) in [5, 5.41) is 14.2. The van der Waals surface area contributed by atoms with E-state index >= 15 is 0 Å². The van der Waals surface area contributed by atoms with Crippen molar-refractivity contribution in [3.05, 3.63) is 30.1 Å². The highest BCUT2D eigenvalue weighted by atomic mass is 19.4. The van der Waals surface area contributed by atoms with Gasteiger partial charge in [0.05, 0.1) is 31.1 Å². The maximum absolute atomic E-state index is 10.6. The Balaban J connectivity index is 0.000000271. The van der Waals surface area contributed by atoms with Gasteiger partial charge < -0.3 is 19.7 Å². The molecule has 4 rings (SSSR count). The number of aromatic nitrogens is 1. The van der Waals surface area contributed by atoms with E-state index in [1.54, 1.807) is 0 Å². The molecule has 4 heterocycles. The fraction of sp³-hybridized carbons (Fsp3) is 0.667. The molecule has 0 radical (unpaired) electrons. The molecular weight excluding hydrogens is 504 g/mol. The standard InChI is InChI=1S/C17H25N3O2.2C2HF3O2/c1-2-6-18-14(4-1)12-20-13-16(19-7-10-21-11-8-19)17-15(20)5-3-9-22-17;2*3-2(4,5)1(6)7/h1-2,4,6,15-17H,3,5,7-13H2;2*(H,6,7)/t15-,16-,17+;;/m0../s1. The number of fused-ring (bicyclic) bond motifs is 1. The summed E-state index contributed by atoms with van der Waals surface area (Å²) in [6.45, 7) is 6.73. The van der Waals surface area contributed by atoms with Crippen LogP contribution >= 0.6 is 0 Å². The smallest absolute Gasteiger partial charge is 0.475 e. The minimum Gasteiger partial charge on any atom is -0.475 e. The van der Waals surface area contributed by atoms with E-state index < -0.39 is 24.3 Å². The van der Waals surface area contributed by atoms with E-state index in [1.807, 2.05) is 12.3 Å². The van der Waals surface area contributed by atoms with Crippen LogP contribution in [0.25, 0.3) is 0 Å². The Morgan fingerprint density at radius 3 is 2.06 bits per heavy atom. The lowest BCUT2D eigenvalue weighted by Gasteiger charge is -2.37. The molecule has 0 bridgehead atoms. The van der Waals surface area contributed by atoms with E-state index in [1.165, 1.54) is 12.8 Å². The first-order chi connectivity index (χ1) is 16.8. The average Bonchev–Trinajstić information content (AvgIpc) is 3.18. The fourth-order valence-electron chi connectivity index (χ4n) is 4.14. The first-order valence-electron chi connectivity index (χ1n) is 11.0. The normalized spacial score (nSPS) is 25.0. The maximum Gasteiger partial charge on any atom is 0.490 e. The number of halogens is 6. The van der Waals surface area contributed by atoms with Crippen LogP contribution in [0.2, 0.25) is 0 Å². The van der Waals surface area contributed by atoms with Gasteiger partial charge in [-0.15, -0.1) is 0 Å². The summed E-state index contributed by atoms with van der Waals surface area (Å²) in [6.07, 6.45) is -5.50. The molecule has 9 nitrogen and oxygen atoms in total. The van der Waals surface area contributed by atoms with Crippen LogP contribution in [-0.2, 0) is 25.6 Å². The third-order valence-electron chi connectivity index (χ3n) is 5.69. The molecule has 204 valence electrons. The second-order valence-electron chi connectivity index (χ2n) is 8.12. The minimum absolute atomic E-state index is 0.357. The second-order valence-corrected chi connectivity index (χ2v) is 8.12. The molecule has 0 unspecified atom stereocenters. The first-order valence-corrected chi connectivity index (χ1v) is 11.0. The Bertz CT molecular complexity index is 812. The third-order valence-corrected chi connectivity index (χ3v) is 5.69. The number of hydrogen-bond acceptors (Lipinski definition) is 7. The molecule has 3 saturated heterocycles. The van der Waals surface area contributed by atoms with Crippen molar-refractivity contribution in [3.8, 4) is 0 Å². The predicted octanol–water partition coefficient (Wildman–Crippen LogP) is 2.41. The highest BCUT2D eigenvalue weighted by Gasteiger charge is 2.46. The molecule has 3 aliphatic rings. The van der Waals surface area contributed by atoms with Crippen LogP contribution in [0.1, 0.15) is 18.5 Å². The molecule has 0 aliphatic carbocycles. The third kappa shape index (κ3) is 9.19. The Labute approximate surface area is 202 Å². The van der Waals surface area contributed by atoms with Gasteiger partial charge in [-0.1, -0.05) is 6.07 Å². The zero-order valence-electron chi connectivity index (χ0n) is 19.0. The fourth-order valence-corrected chi connectivity index (χ4v) is 4.14. The molecule has 3 aliphatic heterocycles. The van der Waals surface area contributed by atoms with Gasteiger partial charge in [-0.05, 0) is 25.0 Å². The van der Waals surface area contributed by atoms with Gasteiger partial charge in [0, 0.05) is 45.0 Å². The van der Waals surface area contributed by atoms with Gasteiger partial charge >= 0.3 is 24.3 Å². The van der Waals surface area contributed by atoms with E-state index in [0.29, 0.717) is 18.2 Å². The van der Waals surface area contributed by atoms with E-state index in [2.05, 4.69) is 26.9 Å². The molecule has 1 aromatic heterocycles. The number of ether oxygens (including phenoxy) is 2. The first kappa shape index (κ1) is 29.7. The molecular formula is C21H27F6N3O6. The zero-order valence-corrected chi connectivity index (χ0v) is 19.0. The van der Waals surface area contributed by atoms with Crippen LogP contribution in [0.4, 0.5) is 26.3 Å². The monoisotopic (exact) mass is 531 g/mol. The summed E-state index contributed by atoms with van der Waals surface area (Å²) in [5.74, 6) is -5.51. The van der Waals surface area contributed by atoms with Gasteiger partial charge in [-0.3, -0.25) is 14.8 Å². The van der Waals surface area contributed by atoms with Crippen LogP contribution in [0.15, 0.2) is 24.4 Å². The minimum atomic E-state index is -5.08. The number of rotatable bonds is 3. The topological polar surface area (TPSA) is 112 Å². The lowest BCUT2D eigenvalue weighted by molar-refractivity contribution is -0.193. The summed E-state index contributed by atoms with van der Waals surface area (Å²) in [6, 6.07) is 7.24. The highest BCUT2D eigenvalue weighted by Crippen LogP contribution is 2.33. The molecule has 1 aromatic rings. The number of alkyl halides is 6. The van der Waals surface area contributed by atoms with Crippen molar-refractivity contribution in [2.75, 3.05) is 39.5 Å². The number of pyridine rings is 1. The van der Waals surface area contributed by atoms with Crippen molar-refractivity contribution < 1.29 is 55.6 Å². The van der Waals surface area contributed by atoms with Crippen LogP contribution in [0.3, 0.4) is 0 Å². The lowest BCUT2D eigenvalue weighted by atomic mass is 10.00. The van der Waals surface area contributed by atoms with Crippen molar-refractivity contribution in [1.29, 1.82) is 0 Å². The van der Waals surface area contributed by atoms with Crippen molar-refractivity contribution in [2.24, 2.45) is 0 Å². The maximum atomic E-state index is 10.6. The molecule has 3 fully saturated rings. The zero-order chi connectivity index (χ0) is 26.9. The van der Waals surface area contributed by atoms with E-state index in [0.717, 1.165) is 51.7 Å². The van der Waals surface area contributed by atoms with Crippen molar-refractivity contribution in [1.82, 2.24) is 14.8 Å². The van der Waals surface area contributed by atoms with Crippen LogP contribution in [0, 0.1) is 0 Å². The summed E-state index contributed by atoms with van der Waals surface area (Å²) < 4.78 is 75.2. The van der Waals surface area contributed by atoms with Crippen LogP contribution in [0.5, 0.6) is 0 Å². The summed E-state index contributed by atoms with van der Waals surface area (Å²) in [5.41, 5.74) is 1.16. The van der Waals surface area contributed by atoms with E-state index in [4.69, 9.17) is 29.3 Å². The van der Waals surface area contributed by atoms with Crippen LogP contribution in [-0.4, -0.2) is 107 Å². The van der Waals surface area contributed by atoms with Gasteiger partial charge in [0.1, 0.15) is 0 Å². The van der Waals surface area contributed by atoms with Crippen molar-refractivity contribution in [2.45, 2.75) is 49.9 Å². The van der Waals surface area contributed by atoms with Crippen LogP contribution < -0.4 is 0 Å². The molecule has 3 atom stereocenters. The molecule has 0 aromatic carbocycles. The van der Waals surface area contributed by atoms with Crippen molar-refractivity contribution >= 4 is 11.9 Å². The Morgan fingerprint density at radius 2 is 1.56 bits per heavy atom. The van der Waals surface area contributed by atoms with Gasteiger partial charge in [0.15, 0.2) is 0 Å². The highest BCUT2D eigenvalue weighted by molar-refractivity contribution is 5.73. The number of likely N-dealkylation sites (tertiary alicyclic amines) is 1. The molecule has 36 heavy (non-hydrogen) atoms. The number of carboxylic acid groups (broad SMARTS) is 2. The number of hydrogen-bond donors (Lipinski definition) is 2. The summed E-state index contributed by atoms with van der Waals surface area (Å²) in [4.78, 5) is 27.5. The summed E-state index contributed by atoms with van der Waals surface area (Å²) >= 11 is 0. The number of aliphatic carboxylic acids is 2. The Hall–Kier alpha value is -2.49. The van der Waals surface area contributed by atoms with Gasteiger partial charge in [0.25, 0.3) is 0 Å². The van der Waals surface area contributed by atoms with Gasteiger partial charge in [-0.2, -0.15) is 26.3 Å². The molecule has 0 spiro atoms. The Kier molecular flexibility index (Phi) is 10.9. The van der Waals surface area contributed by atoms with Gasteiger partial charge in [-0.25, -0.2) is 9.59 Å². The second kappa shape index (κ2) is 13.2. The number of carboxylic acids is 2. The summed E-state index contributed by atoms with van der Waals surface area (Å²) in [7, 11) is 0. The number of carbonyl (C=O) groups is 2. The lowest BCUT2D eigenvalue weighted by Crippen LogP contribution is -2.51. The molecule has 15 heteroatoms. The van der Waals surface area contributed by atoms with E-state index in [-0.39, 0.29) is 0 Å². The molecule has 0 amide bonds. The van der Waals surface area contributed by atoms with E-state index in [9.17, 15) is 26.3 Å².